The predicted octanol–water partition coefficient (Wildman–Crippen LogP) is 1.73. The van der Waals surface area contributed by atoms with Gasteiger partial charge in [0.25, 0.3) is 0 Å². The summed E-state index contributed by atoms with van der Waals surface area (Å²) in [6.07, 6.45) is -4.70. The number of likely N-dealkylation sites (tertiary alicyclic amines) is 1. The van der Waals surface area contributed by atoms with Crippen LogP contribution in [0.1, 0.15) is 12.0 Å². The third kappa shape index (κ3) is 5.01. The van der Waals surface area contributed by atoms with Gasteiger partial charge in [-0.25, -0.2) is 0 Å². The number of methoxy groups -OCH3 is 2. The third-order valence-electron chi connectivity index (χ3n) is 3.90. The van der Waals surface area contributed by atoms with Gasteiger partial charge in [-0.1, -0.05) is 0 Å². The van der Waals surface area contributed by atoms with Gasteiger partial charge in [0.2, 0.25) is 11.8 Å². The van der Waals surface area contributed by atoms with Crippen molar-refractivity contribution in [2.45, 2.75) is 19.1 Å². The van der Waals surface area contributed by atoms with E-state index >= 15 is 0 Å². The quantitative estimate of drug-likeness (QED) is 0.839. The summed E-state index contributed by atoms with van der Waals surface area (Å²) in [5.41, 5.74) is 0.659. The molecule has 9 heteroatoms. The Morgan fingerprint density at radius 1 is 1.32 bits per heavy atom. The van der Waals surface area contributed by atoms with E-state index < -0.39 is 30.5 Å². The van der Waals surface area contributed by atoms with E-state index in [0.717, 1.165) is 0 Å². The van der Waals surface area contributed by atoms with Gasteiger partial charge < -0.3 is 19.7 Å². The Morgan fingerprint density at radius 2 is 2.04 bits per heavy atom. The zero-order valence-electron chi connectivity index (χ0n) is 13.9. The maximum atomic E-state index is 12.4. The van der Waals surface area contributed by atoms with Crippen LogP contribution in [0.4, 0.5) is 13.2 Å². The van der Waals surface area contributed by atoms with Gasteiger partial charge in [-0.05, 0) is 18.2 Å². The Labute approximate surface area is 142 Å². The lowest BCUT2D eigenvalue weighted by Crippen LogP contribution is -2.37. The van der Waals surface area contributed by atoms with Gasteiger partial charge in [-0.15, -0.1) is 0 Å². The molecule has 1 aliphatic rings. The van der Waals surface area contributed by atoms with Crippen molar-refractivity contribution in [2.75, 3.05) is 27.3 Å². The van der Waals surface area contributed by atoms with Crippen LogP contribution in [0.15, 0.2) is 18.2 Å². The number of carbonyl (C=O) groups excluding carboxylic acids is 2. The average molecular weight is 360 g/mol. The highest BCUT2D eigenvalue weighted by molar-refractivity contribution is 5.89. The van der Waals surface area contributed by atoms with Crippen LogP contribution in [0.5, 0.6) is 11.5 Å². The van der Waals surface area contributed by atoms with Crippen LogP contribution >= 0.6 is 0 Å². The normalized spacial score (nSPS) is 17.6. The van der Waals surface area contributed by atoms with Crippen LogP contribution in [-0.4, -0.2) is 50.2 Å². The molecule has 1 fully saturated rings. The molecule has 1 atom stereocenters. The van der Waals surface area contributed by atoms with Crippen LogP contribution < -0.4 is 14.8 Å². The number of nitrogens with one attached hydrogen (secondary N) is 1. The lowest BCUT2D eigenvalue weighted by molar-refractivity contribution is -0.157. The standard InChI is InChI=1S/C16H19F3N2O4/c1-24-12-3-4-13(25-2)10(5-12)7-20-15(23)11-6-14(22)21(8-11)9-16(17,18)19/h3-5,11H,6-9H2,1-2H3,(H,20,23)/t11-/m1/s1. The summed E-state index contributed by atoms with van der Waals surface area (Å²) in [5, 5.41) is 2.64. The number of hydrogen-bond acceptors (Lipinski definition) is 4. The van der Waals surface area contributed by atoms with Crippen molar-refractivity contribution in [3.05, 3.63) is 23.8 Å². The highest BCUT2D eigenvalue weighted by Gasteiger charge is 2.40. The van der Waals surface area contributed by atoms with Crippen LogP contribution in [-0.2, 0) is 16.1 Å². The fourth-order valence-electron chi connectivity index (χ4n) is 2.66. The minimum Gasteiger partial charge on any atom is -0.497 e. The van der Waals surface area contributed by atoms with Crippen molar-refractivity contribution >= 4 is 11.8 Å². The molecule has 1 aromatic rings. The van der Waals surface area contributed by atoms with Crippen molar-refractivity contribution in [3.8, 4) is 11.5 Å². The molecule has 0 aromatic heterocycles. The molecular weight excluding hydrogens is 341 g/mol. The van der Waals surface area contributed by atoms with Crippen molar-refractivity contribution < 1.29 is 32.2 Å². The van der Waals surface area contributed by atoms with E-state index in [4.69, 9.17) is 9.47 Å². The van der Waals surface area contributed by atoms with E-state index in [2.05, 4.69) is 5.32 Å². The molecule has 1 saturated heterocycles. The molecule has 1 heterocycles. The maximum Gasteiger partial charge on any atom is 0.406 e. The molecule has 1 N–H and O–H groups in total. The molecule has 0 unspecified atom stereocenters. The van der Waals surface area contributed by atoms with E-state index in [1.165, 1.54) is 14.2 Å². The van der Waals surface area contributed by atoms with E-state index in [9.17, 15) is 22.8 Å². The molecule has 1 aliphatic heterocycles. The molecule has 1 aromatic carbocycles. The predicted molar refractivity (Wildman–Crippen MR) is 82.1 cm³/mol. The van der Waals surface area contributed by atoms with Gasteiger partial charge in [-0.3, -0.25) is 9.59 Å². The van der Waals surface area contributed by atoms with Crippen LogP contribution in [0.25, 0.3) is 0 Å². The first-order valence-corrected chi connectivity index (χ1v) is 7.56. The Bertz CT molecular complexity index is 649. The highest BCUT2D eigenvalue weighted by atomic mass is 19.4. The molecule has 2 rings (SSSR count). The number of ether oxygens (including phenoxy) is 2. The first-order chi connectivity index (χ1) is 11.7. The number of nitrogens with zero attached hydrogens (tertiary/aromatic N) is 1. The van der Waals surface area contributed by atoms with E-state index in [-0.39, 0.29) is 19.5 Å². The molecular formula is C16H19F3N2O4. The lowest BCUT2D eigenvalue weighted by Gasteiger charge is -2.18. The molecule has 6 nitrogen and oxygen atoms in total. The third-order valence-corrected chi connectivity index (χ3v) is 3.90. The van der Waals surface area contributed by atoms with Crippen molar-refractivity contribution in [2.24, 2.45) is 5.92 Å². The summed E-state index contributed by atoms with van der Waals surface area (Å²) in [4.78, 5) is 24.5. The zero-order chi connectivity index (χ0) is 18.6. The van der Waals surface area contributed by atoms with Gasteiger partial charge in [0.05, 0.1) is 20.1 Å². The van der Waals surface area contributed by atoms with Gasteiger partial charge in [-0.2, -0.15) is 13.2 Å². The van der Waals surface area contributed by atoms with Crippen LogP contribution in [0.3, 0.4) is 0 Å². The zero-order valence-corrected chi connectivity index (χ0v) is 13.9. The second-order valence-corrected chi connectivity index (χ2v) is 5.69. The lowest BCUT2D eigenvalue weighted by atomic mass is 10.1. The SMILES string of the molecule is COc1ccc(OC)c(CNC(=O)[C@@H]2CC(=O)N(CC(F)(F)F)C2)c1. The second kappa shape index (κ2) is 7.62. The summed E-state index contributed by atoms with van der Waals surface area (Å²) in [5.74, 6) is -0.814. The minimum absolute atomic E-state index is 0.114. The van der Waals surface area contributed by atoms with Gasteiger partial charge in [0.15, 0.2) is 0 Å². The molecule has 0 radical (unpaired) electrons. The fourth-order valence-corrected chi connectivity index (χ4v) is 2.66. The number of benzene rings is 1. The highest BCUT2D eigenvalue weighted by Crippen LogP contribution is 2.26. The Balaban J connectivity index is 1.96. The first kappa shape index (κ1) is 18.9. The van der Waals surface area contributed by atoms with Crippen molar-refractivity contribution in [1.82, 2.24) is 10.2 Å². The minimum atomic E-state index is -4.48. The molecule has 25 heavy (non-hydrogen) atoms. The monoisotopic (exact) mass is 360 g/mol. The summed E-state index contributed by atoms with van der Waals surface area (Å²) in [6.45, 7) is -1.46. The van der Waals surface area contributed by atoms with Crippen LogP contribution in [0, 0.1) is 5.92 Å². The Kier molecular flexibility index (Phi) is 5.76. The maximum absolute atomic E-state index is 12.4. The molecule has 0 spiro atoms. The van der Waals surface area contributed by atoms with E-state index in [0.29, 0.717) is 22.0 Å². The summed E-state index contributed by atoms with van der Waals surface area (Å²) >= 11 is 0. The Morgan fingerprint density at radius 3 is 2.64 bits per heavy atom. The molecule has 0 bridgehead atoms. The largest absolute Gasteiger partial charge is 0.497 e. The first-order valence-electron chi connectivity index (χ1n) is 7.56. The summed E-state index contributed by atoms with van der Waals surface area (Å²) < 4.78 is 47.5. The van der Waals surface area contributed by atoms with Gasteiger partial charge in [0, 0.05) is 25.1 Å². The van der Waals surface area contributed by atoms with E-state index in [1.807, 2.05) is 0 Å². The average Bonchev–Trinajstić information content (AvgIpc) is 2.91. The number of alkyl halides is 3. The summed E-state index contributed by atoms with van der Waals surface area (Å²) in [7, 11) is 2.99. The molecule has 0 saturated carbocycles. The van der Waals surface area contributed by atoms with Crippen molar-refractivity contribution in [3.63, 3.8) is 0 Å². The number of rotatable bonds is 6. The molecule has 0 aliphatic carbocycles. The molecule has 2 amide bonds. The number of halogens is 3. The van der Waals surface area contributed by atoms with Gasteiger partial charge in [0.1, 0.15) is 18.0 Å². The number of amides is 2. The number of carbonyl (C=O) groups is 2. The number of hydrogen-bond donors (Lipinski definition) is 1. The Hall–Kier alpha value is -2.45. The topological polar surface area (TPSA) is 67.9 Å². The molecule has 138 valence electrons. The smallest absolute Gasteiger partial charge is 0.406 e. The fraction of sp³-hybridized carbons (Fsp3) is 0.500. The van der Waals surface area contributed by atoms with Crippen molar-refractivity contribution in [1.29, 1.82) is 0 Å². The van der Waals surface area contributed by atoms with E-state index in [1.54, 1.807) is 18.2 Å². The van der Waals surface area contributed by atoms with Gasteiger partial charge >= 0.3 is 6.18 Å². The van der Waals surface area contributed by atoms with Crippen LogP contribution in [0.2, 0.25) is 0 Å². The summed E-state index contributed by atoms with van der Waals surface area (Å²) in [6, 6.07) is 5.08. The second-order valence-electron chi connectivity index (χ2n) is 5.69.